The van der Waals surface area contributed by atoms with Gasteiger partial charge in [-0.1, -0.05) is 12.8 Å². The van der Waals surface area contributed by atoms with E-state index in [0.29, 0.717) is 30.3 Å². The number of benzene rings is 1. The van der Waals surface area contributed by atoms with E-state index in [0.717, 1.165) is 32.1 Å². The van der Waals surface area contributed by atoms with Crippen molar-refractivity contribution >= 4 is 6.08 Å². The van der Waals surface area contributed by atoms with Crippen molar-refractivity contribution in [2.45, 2.75) is 37.6 Å². The minimum Gasteiger partial charge on any atom is -0.504 e. The molecule has 0 spiro atoms. The second-order valence-corrected chi connectivity index (χ2v) is 5.28. The number of ether oxygens (including phenoxy) is 2. The third-order valence-corrected chi connectivity index (χ3v) is 4.08. The van der Waals surface area contributed by atoms with Crippen LogP contribution in [-0.2, 0) is 10.3 Å². The van der Waals surface area contributed by atoms with Crippen molar-refractivity contribution in [3.63, 3.8) is 0 Å². The van der Waals surface area contributed by atoms with Gasteiger partial charge < -0.3 is 14.6 Å². The topological polar surface area (TPSA) is 68.1 Å². The third-order valence-electron chi connectivity index (χ3n) is 4.08. The Balaban J connectivity index is 2.10. The molecule has 1 aliphatic heterocycles. The Morgan fingerprint density at radius 2 is 1.90 bits per heavy atom. The Morgan fingerprint density at radius 1 is 1.15 bits per heavy atom. The van der Waals surface area contributed by atoms with E-state index in [1.54, 1.807) is 18.2 Å². The summed E-state index contributed by atoms with van der Waals surface area (Å²) in [7, 11) is 0. The van der Waals surface area contributed by atoms with Gasteiger partial charge in [0.1, 0.15) is 5.54 Å². The first-order valence-corrected chi connectivity index (χ1v) is 6.98. The van der Waals surface area contributed by atoms with Gasteiger partial charge in [-0.2, -0.15) is 4.99 Å². The van der Waals surface area contributed by atoms with Gasteiger partial charge in [-0.3, -0.25) is 0 Å². The molecule has 1 heterocycles. The molecule has 0 atom stereocenters. The molecule has 1 saturated carbocycles. The lowest BCUT2D eigenvalue weighted by molar-refractivity contribution is 0.289. The number of carbonyl (C=O) groups excluding carboxylic acids is 1. The zero-order valence-electron chi connectivity index (χ0n) is 11.2. The van der Waals surface area contributed by atoms with Crippen molar-refractivity contribution < 1.29 is 19.4 Å². The summed E-state index contributed by atoms with van der Waals surface area (Å²) in [4.78, 5) is 14.8. The van der Waals surface area contributed by atoms with Gasteiger partial charge in [-0.05, 0) is 25.0 Å². The molecule has 1 N–H and O–H groups in total. The van der Waals surface area contributed by atoms with Crippen molar-refractivity contribution in [1.29, 1.82) is 0 Å². The van der Waals surface area contributed by atoms with Crippen LogP contribution in [-0.4, -0.2) is 24.4 Å². The maximum absolute atomic E-state index is 10.8. The largest absolute Gasteiger partial charge is 0.504 e. The zero-order valence-corrected chi connectivity index (χ0v) is 11.2. The fraction of sp³-hybridized carbons (Fsp3) is 0.533. The molecule has 5 nitrogen and oxygen atoms in total. The Morgan fingerprint density at radius 3 is 2.65 bits per heavy atom. The van der Waals surface area contributed by atoms with Crippen LogP contribution >= 0.6 is 0 Å². The molecule has 1 fully saturated rings. The van der Waals surface area contributed by atoms with Crippen LogP contribution < -0.4 is 9.47 Å². The number of aliphatic imine (C=N–C) groups is 1. The number of phenols is 1. The molecule has 0 unspecified atom stereocenters. The van der Waals surface area contributed by atoms with E-state index < -0.39 is 5.54 Å². The van der Waals surface area contributed by atoms with Crippen LogP contribution in [0, 0.1) is 0 Å². The molecule has 0 amide bonds. The van der Waals surface area contributed by atoms with Crippen LogP contribution in [0.5, 0.6) is 17.2 Å². The quantitative estimate of drug-likeness (QED) is 0.665. The van der Waals surface area contributed by atoms with E-state index in [2.05, 4.69) is 4.99 Å². The molecule has 106 valence electrons. The predicted octanol–water partition coefficient (Wildman–Crippen LogP) is 2.66. The predicted molar refractivity (Wildman–Crippen MR) is 72.0 cm³/mol. The highest BCUT2D eigenvalue weighted by Crippen LogP contribution is 2.50. The number of hydrogen-bond donors (Lipinski definition) is 1. The van der Waals surface area contributed by atoms with Crippen LogP contribution in [0.25, 0.3) is 0 Å². The Bertz CT molecular complexity index is 557. The SMILES string of the molecule is O=C=NC1(c2ccc3c(c2O)OCCCO3)CCCC1. The Kier molecular flexibility index (Phi) is 3.36. The maximum atomic E-state index is 10.8. The van der Waals surface area contributed by atoms with Crippen LogP contribution in [0.1, 0.15) is 37.7 Å². The summed E-state index contributed by atoms with van der Waals surface area (Å²) >= 11 is 0. The highest BCUT2D eigenvalue weighted by molar-refractivity contribution is 5.58. The summed E-state index contributed by atoms with van der Waals surface area (Å²) in [5, 5.41) is 10.5. The first-order valence-electron chi connectivity index (χ1n) is 6.98. The van der Waals surface area contributed by atoms with Gasteiger partial charge >= 0.3 is 0 Å². The van der Waals surface area contributed by atoms with Gasteiger partial charge in [0.25, 0.3) is 0 Å². The van der Waals surface area contributed by atoms with Gasteiger partial charge in [-0.25, -0.2) is 4.79 Å². The number of rotatable bonds is 2. The second-order valence-electron chi connectivity index (χ2n) is 5.28. The molecule has 20 heavy (non-hydrogen) atoms. The van der Waals surface area contributed by atoms with Gasteiger partial charge in [0, 0.05) is 12.0 Å². The molecule has 5 heteroatoms. The highest BCUT2D eigenvalue weighted by Gasteiger charge is 2.39. The summed E-state index contributed by atoms with van der Waals surface area (Å²) in [5.41, 5.74) is -0.0149. The number of nitrogens with zero attached hydrogens (tertiary/aromatic N) is 1. The standard InChI is InChI=1S/C15H17NO4/c17-10-16-15(6-1-2-7-15)11-4-5-12-14(13(11)18)20-9-3-8-19-12/h4-5,18H,1-3,6-9H2. The van der Waals surface area contributed by atoms with Gasteiger partial charge in [0.15, 0.2) is 11.5 Å². The summed E-state index contributed by atoms with van der Waals surface area (Å²) in [5.74, 6) is 0.963. The van der Waals surface area contributed by atoms with E-state index in [1.807, 2.05) is 0 Å². The molecule has 3 rings (SSSR count). The van der Waals surface area contributed by atoms with Crippen molar-refractivity contribution in [2.75, 3.05) is 13.2 Å². The highest BCUT2D eigenvalue weighted by atomic mass is 16.5. The Hall–Kier alpha value is -2.00. The fourth-order valence-electron chi connectivity index (χ4n) is 3.09. The van der Waals surface area contributed by atoms with E-state index in [9.17, 15) is 9.90 Å². The average molecular weight is 275 g/mol. The van der Waals surface area contributed by atoms with Crippen molar-refractivity contribution in [3.05, 3.63) is 17.7 Å². The molecule has 0 aromatic heterocycles. The molecule has 0 radical (unpaired) electrons. The summed E-state index contributed by atoms with van der Waals surface area (Å²) < 4.78 is 11.1. The number of phenolic OH excluding ortho intramolecular Hbond substituents is 1. The molecular weight excluding hydrogens is 258 g/mol. The average Bonchev–Trinajstić information content (AvgIpc) is 2.77. The minimum atomic E-state index is -0.656. The van der Waals surface area contributed by atoms with Gasteiger partial charge in [0.05, 0.1) is 13.2 Å². The maximum Gasteiger partial charge on any atom is 0.235 e. The van der Waals surface area contributed by atoms with E-state index in [-0.39, 0.29) is 5.75 Å². The van der Waals surface area contributed by atoms with Gasteiger partial charge in [-0.15, -0.1) is 0 Å². The molecule has 1 aromatic rings. The van der Waals surface area contributed by atoms with Crippen LogP contribution in [0.2, 0.25) is 0 Å². The van der Waals surface area contributed by atoms with Crippen molar-refractivity contribution in [1.82, 2.24) is 0 Å². The minimum absolute atomic E-state index is 0.0466. The molecule has 0 saturated heterocycles. The normalized spacial score (nSPS) is 20.0. The van der Waals surface area contributed by atoms with Gasteiger partial charge in [0.2, 0.25) is 11.8 Å². The molecule has 0 bridgehead atoms. The molecular formula is C15H17NO4. The van der Waals surface area contributed by atoms with Crippen LogP contribution in [0.15, 0.2) is 17.1 Å². The summed E-state index contributed by atoms with van der Waals surface area (Å²) in [6, 6.07) is 3.57. The lowest BCUT2D eigenvalue weighted by atomic mass is 9.88. The van der Waals surface area contributed by atoms with Crippen molar-refractivity contribution in [2.24, 2.45) is 4.99 Å². The lowest BCUT2D eigenvalue weighted by Gasteiger charge is -2.25. The number of fused-ring (bicyclic) bond motifs is 1. The van der Waals surface area contributed by atoms with Crippen molar-refractivity contribution in [3.8, 4) is 17.2 Å². The van der Waals surface area contributed by atoms with E-state index >= 15 is 0 Å². The zero-order chi connectivity index (χ0) is 14.0. The first kappa shape index (κ1) is 13.0. The van der Waals surface area contributed by atoms with E-state index in [1.165, 1.54) is 0 Å². The third kappa shape index (κ3) is 2.04. The summed E-state index contributed by atoms with van der Waals surface area (Å²) in [6.07, 6.45) is 5.90. The molecule has 1 aromatic carbocycles. The number of aromatic hydroxyl groups is 1. The molecule has 1 aliphatic carbocycles. The first-order chi connectivity index (χ1) is 9.77. The Labute approximate surface area is 117 Å². The monoisotopic (exact) mass is 275 g/mol. The smallest absolute Gasteiger partial charge is 0.235 e. The van der Waals surface area contributed by atoms with Crippen LogP contribution in [0.3, 0.4) is 0 Å². The second kappa shape index (κ2) is 5.17. The van der Waals surface area contributed by atoms with E-state index in [4.69, 9.17) is 9.47 Å². The lowest BCUT2D eigenvalue weighted by Crippen LogP contribution is -2.19. The number of hydrogen-bond acceptors (Lipinski definition) is 5. The molecule has 2 aliphatic rings. The van der Waals surface area contributed by atoms with Crippen LogP contribution in [0.4, 0.5) is 0 Å². The fourth-order valence-corrected chi connectivity index (χ4v) is 3.09. The summed E-state index contributed by atoms with van der Waals surface area (Å²) in [6.45, 7) is 1.08. The number of isocyanates is 1.